The number of aliphatic hydroxyl groups is 1. The summed E-state index contributed by atoms with van der Waals surface area (Å²) >= 11 is 0. The fourth-order valence-electron chi connectivity index (χ4n) is 1.35. The molecule has 0 fully saturated rings. The van der Waals surface area contributed by atoms with E-state index in [0.29, 0.717) is 19.8 Å². The largest absolute Gasteiger partial charge is 0.491 e. The first-order chi connectivity index (χ1) is 8.24. The summed E-state index contributed by atoms with van der Waals surface area (Å²) in [6.45, 7) is 2.47. The Hall–Kier alpha value is -1.10. The molecule has 4 heteroatoms. The molecular formula is C13H21NO3. The first-order valence-electron chi connectivity index (χ1n) is 5.78. The zero-order valence-corrected chi connectivity index (χ0v) is 10.6. The van der Waals surface area contributed by atoms with Crippen LogP contribution in [0.3, 0.4) is 0 Å². The fraction of sp³-hybridized carbons (Fsp3) is 0.538. The first kappa shape index (κ1) is 14.0. The van der Waals surface area contributed by atoms with Crippen LogP contribution in [-0.4, -0.2) is 50.5 Å². The van der Waals surface area contributed by atoms with Crippen LogP contribution in [0.4, 0.5) is 0 Å². The summed E-state index contributed by atoms with van der Waals surface area (Å²) < 4.78 is 11.0. The van der Waals surface area contributed by atoms with Crippen LogP contribution < -0.4 is 4.74 Å². The van der Waals surface area contributed by atoms with Crippen molar-refractivity contribution in [1.29, 1.82) is 0 Å². The van der Waals surface area contributed by atoms with Crippen LogP contribution in [0.5, 0.6) is 5.75 Å². The van der Waals surface area contributed by atoms with Gasteiger partial charge < -0.3 is 19.5 Å². The molecule has 96 valence electrons. The van der Waals surface area contributed by atoms with Crippen LogP contribution in [0, 0.1) is 0 Å². The molecule has 0 aliphatic rings. The normalized spacial score (nSPS) is 10.8. The molecule has 0 atom stereocenters. The number of nitrogens with zero attached hydrogens (tertiary/aromatic N) is 1. The van der Waals surface area contributed by atoms with Gasteiger partial charge in [-0.3, -0.25) is 0 Å². The summed E-state index contributed by atoms with van der Waals surface area (Å²) in [7, 11) is 4.03. The maximum absolute atomic E-state index is 8.73. The van der Waals surface area contributed by atoms with E-state index in [1.165, 1.54) is 0 Å². The van der Waals surface area contributed by atoms with Gasteiger partial charge in [0.15, 0.2) is 0 Å². The zero-order valence-electron chi connectivity index (χ0n) is 10.6. The fourth-order valence-corrected chi connectivity index (χ4v) is 1.35. The van der Waals surface area contributed by atoms with Gasteiger partial charge in [-0.25, -0.2) is 0 Å². The minimum atomic E-state index is 0.0236. The molecule has 0 amide bonds. The number of aliphatic hydroxyl groups excluding tert-OH is 1. The maximum atomic E-state index is 8.73. The molecule has 0 saturated carbocycles. The molecule has 0 bridgehead atoms. The Morgan fingerprint density at radius 3 is 2.65 bits per heavy atom. The average molecular weight is 239 g/mol. The molecule has 1 rings (SSSR count). The highest BCUT2D eigenvalue weighted by Gasteiger charge is 2.02. The summed E-state index contributed by atoms with van der Waals surface area (Å²) in [4.78, 5) is 2.08. The minimum absolute atomic E-state index is 0.0236. The van der Waals surface area contributed by atoms with E-state index in [1.54, 1.807) is 0 Å². The van der Waals surface area contributed by atoms with Gasteiger partial charge in [-0.2, -0.15) is 0 Å². The molecule has 4 nitrogen and oxygen atoms in total. The predicted molar refractivity (Wildman–Crippen MR) is 67.2 cm³/mol. The SMILES string of the molecule is CN(C)CCOCc1ccccc1OCCO. The first-order valence-corrected chi connectivity index (χ1v) is 5.78. The lowest BCUT2D eigenvalue weighted by Gasteiger charge is -2.12. The van der Waals surface area contributed by atoms with Crippen LogP contribution in [-0.2, 0) is 11.3 Å². The second kappa shape index (κ2) is 8.06. The smallest absolute Gasteiger partial charge is 0.124 e. The van der Waals surface area contributed by atoms with Crippen molar-refractivity contribution in [2.45, 2.75) is 6.61 Å². The van der Waals surface area contributed by atoms with E-state index in [-0.39, 0.29) is 6.61 Å². The van der Waals surface area contributed by atoms with Gasteiger partial charge in [0, 0.05) is 12.1 Å². The molecule has 0 unspecified atom stereocenters. The Morgan fingerprint density at radius 2 is 1.94 bits per heavy atom. The second-order valence-electron chi connectivity index (χ2n) is 4.04. The lowest BCUT2D eigenvalue weighted by atomic mass is 10.2. The van der Waals surface area contributed by atoms with Gasteiger partial charge in [0.05, 0.1) is 19.8 Å². The van der Waals surface area contributed by atoms with Crippen molar-refractivity contribution in [3.63, 3.8) is 0 Å². The molecule has 0 aliphatic heterocycles. The third-order valence-corrected chi connectivity index (χ3v) is 2.26. The average Bonchev–Trinajstić information content (AvgIpc) is 2.33. The van der Waals surface area contributed by atoms with E-state index < -0.39 is 0 Å². The number of para-hydroxylation sites is 1. The number of ether oxygens (including phenoxy) is 2. The summed E-state index contributed by atoms with van der Waals surface area (Å²) in [5.74, 6) is 0.784. The van der Waals surface area contributed by atoms with Crippen molar-refractivity contribution in [1.82, 2.24) is 4.90 Å². The number of benzene rings is 1. The van der Waals surface area contributed by atoms with Gasteiger partial charge in [-0.15, -0.1) is 0 Å². The maximum Gasteiger partial charge on any atom is 0.124 e. The van der Waals surface area contributed by atoms with Crippen molar-refractivity contribution < 1.29 is 14.6 Å². The molecule has 0 aliphatic carbocycles. The predicted octanol–water partition coefficient (Wildman–Crippen LogP) is 1.14. The number of rotatable bonds is 8. The van der Waals surface area contributed by atoms with Crippen LogP contribution in [0.1, 0.15) is 5.56 Å². The summed E-state index contributed by atoms with van der Waals surface area (Å²) in [6.07, 6.45) is 0. The molecule has 1 aromatic carbocycles. The summed E-state index contributed by atoms with van der Waals surface area (Å²) in [5, 5.41) is 8.73. The number of hydrogen-bond donors (Lipinski definition) is 1. The Morgan fingerprint density at radius 1 is 1.18 bits per heavy atom. The Kier molecular flexibility index (Phi) is 6.62. The second-order valence-corrected chi connectivity index (χ2v) is 4.04. The van der Waals surface area contributed by atoms with Crippen molar-refractivity contribution in [2.24, 2.45) is 0 Å². The zero-order chi connectivity index (χ0) is 12.5. The van der Waals surface area contributed by atoms with Crippen molar-refractivity contribution in [3.8, 4) is 5.75 Å². The van der Waals surface area contributed by atoms with Gasteiger partial charge in [0.25, 0.3) is 0 Å². The third-order valence-electron chi connectivity index (χ3n) is 2.26. The van der Waals surface area contributed by atoms with Crippen LogP contribution >= 0.6 is 0 Å². The van der Waals surface area contributed by atoms with Gasteiger partial charge >= 0.3 is 0 Å². The summed E-state index contributed by atoms with van der Waals surface area (Å²) in [6, 6.07) is 7.73. The van der Waals surface area contributed by atoms with Crippen LogP contribution in [0.25, 0.3) is 0 Å². The van der Waals surface area contributed by atoms with E-state index in [0.717, 1.165) is 17.9 Å². The molecule has 1 N–H and O–H groups in total. The quantitative estimate of drug-likeness (QED) is 0.691. The highest BCUT2D eigenvalue weighted by Crippen LogP contribution is 2.18. The topological polar surface area (TPSA) is 41.9 Å². The van der Waals surface area contributed by atoms with Gasteiger partial charge in [-0.1, -0.05) is 18.2 Å². The molecular weight excluding hydrogens is 218 g/mol. The van der Waals surface area contributed by atoms with Crippen LogP contribution in [0.15, 0.2) is 24.3 Å². The Bertz CT molecular complexity index is 315. The highest BCUT2D eigenvalue weighted by atomic mass is 16.5. The molecule has 17 heavy (non-hydrogen) atoms. The van der Waals surface area contributed by atoms with Crippen molar-refractivity contribution >= 4 is 0 Å². The summed E-state index contributed by atoms with van der Waals surface area (Å²) in [5.41, 5.74) is 1.01. The molecule has 0 saturated heterocycles. The molecule has 0 aromatic heterocycles. The van der Waals surface area contributed by atoms with E-state index in [9.17, 15) is 0 Å². The lowest BCUT2D eigenvalue weighted by Crippen LogP contribution is -2.18. The van der Waals surface area contributed by atoms with Crippen molar-refractivity contribution in [2.75, 3.05) is 40.5 Å². The van der Waals surface area contributed by atoms with Crippen LogP contribution in [0.2, 0.25) is 0 Å². The van der Waals surface area contributed by atoms with Gasteiger partial charge in [-0.05, 0) is 20.2 Å². The third kappa shape index (κ3) is 5.68. The molecule has 1 aromatic rings. The molecule has 0 spiro atoms. The van der Waals surface area contributed by atoms with E-state index in [2.05, 4.69) is 4.90 Å². The standard InChI is InChI=1S/C13H21NO3/c1-14(2)7-9-16-11-12-5-3-4-6-13(12)17-10-8-15/h3-6,15H,7-11H2,1-2H3. The number of hydrogen-bond acceptors (Lipinski definition) is 4. The van der Waals surface area contributed by atoms with Crippen molar-refractivity contribution in [3.05, 3.63) is 29.8 Å². The van der Waals surface area contributed by atoms with E-state index in [4.69, 9.17) is 14.6 Å². The Labute approximate surface area is 103 Å². The van der Waals surface area contributed by atoms with Gasteiger partial charge in [0.1, 0.15) is 12.4 Å². The van der Waals surface area contributed by atoms with E-state index >= 15 is 0 Å². The lowest BCUT2D eigenvalue weighted by molar-refractivity contribution is 0.102. The number of likely N-dealkylation sites (N-methyl/N-ethyl adjacent to an activating group) is 1. The molecule has 0 radical (unpaired) electrons. The monoisotopic (exact) mass is 239 g/mol. The van der Waals surface area contributed by atoms with Gasteiger partial charge in [0.2, 0.25) is 0 Å². The minimum Gasteiger partial charge on any atom is -0.491 e. The highest BCUT2D eigenvalue weighted by molar-refractivity contribution is 5.32. The molecule has 0 heterocycles. The Balaban J connectivity index is 2.40. The van der Waals surface area contributed by atoms with E-state index in [1.807, 2.05) is 38.4 Å².